The molecule has 0 bridgehead atoms. The normalized spacial score (nSPS) is 20.7. The van der Waals surface area contributed by atoms with E-state index in [0.717, 1.165) is 5.01 Å². The van der Waals surface area contributed by atoms with Gasteiger partial charge in [0.15, 0.2) is 0 Å². The predicted molar refractivity (Wildman–Crippen MR) is 89.3 cm³/mol. The first-order valence-corrected chi connectivity index (χ1v) is 8.58. The molecule has 3 rings (SSSR count). The van der Waals surface area contributed by atoms with Crippen LogP contribution in [0, 0.1) is 11.3 Å². The Bertz CT molecular complexity index is 726. The van der Waals surface area contributed by atoms with E-state index in [1.54, 1.807) is 41.8 Å². The van der Waals surface area contributed by atoms with Crippen molar-refractivity contribution in [2.45, 2.75) is 25.2 Å². The lowest BCUT2D eigenvalue weighted by Gasteiger charge is -2.23. The van der Waals surface area contributed by atoms with Crippen molar-refractivity contribution in [2.75, 3.05) is 13.1 Å². The fourth-order valence-electron chi connectivity index (χ4n) is 2.84. The number of carbonyl (C=O) groups is 1. The highest BCUT2D eigenvalue weighted by Gasteiger charge is 2.32. The van der Waals surface area contributed by atoms with Gasteiger partial charge in [0.2, 0.25) is 0 Å². The Labute approximate surface area is 143 Å². The summed E-state index contributed by atoms with van der Waals surface area (Å²) >= 11 is 1.55. The zero-order valence-corrected chi connectivity index (χ0v) is 13.8. The van der Waals surface area contributed by atoms with Crippen LogP contribution in [-0.4, -0.2) is 41.1 Å². The summed E-state index contributed by atoms with van der Waals surface area (Å²) < 4.78 is 13.8. The number of carbonyl (C=O) groups excluding carboxylic acids is 1. The number of alkyl halides is 1. The summed E-state index contributed by atoms with van der Waals surface area (Å²) in [6, 6.07) is 8.43. The van der Waals surface area contributed by atoms with Crippen LogP contribution in [0.25, 0.3) is 0 Å². The first kappa shape index (κ1) is 16.6. The number of halogens is 1. The molecule has 0 aliphatic carbocycles. The third kappa shape index (κ3) is 3.96. The van der Waals surface area contributed by atoms with E-state index in [9.17, 15) is 9.18 Å². The summed E-state index contributed by atoms with van der Waals surface area (Å²) in [6.07, 6.45) is 1.28. The number of hydrogen-bond acceptors (Lipinski definition) is 5. The van der Waals surface area contributed by atoms with E-state index in [4.69, 9.17) is 5.26 Å². The number of aromatic nitrogens is 1. The van der Waals surface area contributed by atoms with Gasteiger partial charge in [-0.1, -0.05) is 0 Å². The molecule has 5 nitrogen and oxygen atoms in total. The van der Waals surface area contributed by atoms with Gasteiger partial charge in [0.05, 0.1) is 18.2 Å². The third-order valence-electron chi connectivity index (χ3n) is 4.07. The number of benzene rings is 1. The summed E-state index contributed by atoms with van der Waals surface area (Å²) in [4.78, 5) is 18.5. The number of thiazole rings is 1. The zero-order valence-electron chi connectivity index (χ0n) is 13.0. The summed E-state index contributed by atoms with van der Waals surface area (Å²) in [5.41, 5.74) is 1.01. The molecule has 1 aliphatic heterocycles. The molecule has 1 aliphatic rings. The van der Waals surface area contributed by atoms with Gasteiger partial charge in [0.25, 0.3) is 5.91 Å². The maximum atomic E-state index is 13.8. The predicted octanol–water partition coefficient (Wildman–Crippen LogP) is 2.36. The Kier molecular flexibility index (Phi) is 5.18. The molecule has 1 N–H and O–H groups in total. The van der Waals surface area contributed by atoms with Crippen LogP contribution >= 0.6 is 11.3 Å². The molecular weight excluding hydrogens is 327 g/mol. The van der Waals surface area contributed by atoms with Crippen LogP contribution < -0.4 is 5.32 Å². The molecule has 24 heavy (non-hydrogen) atoms. The van der Waals surface area contributed by atoms with Crippen molar-refractivity contribution in [3.63, 3.8) is 0 Å². The van der Waals surface area contributed by atoms with Crippen molar-refractivity contribution in [3.05, 3.63) is 52.0 Å². The lowest BCUT2D eigenvalue weighted by atomic mass is 10.1. The monoisotopic (exact) mass is 344 g/mol. The van der Waals surface area contributed by atoms with E-state index in [2.05, 4.69) is 10.3 Å². The average molecular weight is 344 g/mol. The van der Waals surface area contributed by atoms with Crippen LogP contribution in [0.3, 0.4) is 0 Å². The maximum absolute atomic E-state index is 13.8. The van der Waals surface area contributed by atoms with E-state index in [1.165, 1.54) is 0 Å². The Morgan fingerprint density at radius 3 is 2.92 bits per heavy atom. The lowest BCUT2D eigenvalue weighted by molar-refractivity contribution is 0.0940. The van der Waals surface area contributed by atoms with Gasteiger partial charge in [0, 0.05) is 36.3 Å². The minimum absolute atomic E-state index is 0.0359. The van der Waals surface area contributed by atoms with Crippen LogP contribution in [0.1, 0.15) is 27.3 Å². The number of nitrogens with one attached hydrogen (secondary N) is 1. The van der Waals surface area contributed by atoms with Gasteiger partial charge in [-0.2, -0.15) is 5.26 Å². The van der Waals surface area contributed by atoms with Gasteiger partial charge >= 0.3 is 0 Å². The van der Waals surface area contributed by atoms with E-state index in [0.29, 0.717) is 37.2 Å². The highest BCUT2D eigenvalue weighted by atomic mass is 32.1. The minimum Gasteiger partial charge on any atom is -0.350 e. The number of rotatable bonds is 5. The summed E-state index contributed by atoms with van der Waals surface area (Å²) in [6.45, 7) is 1.37. The van der Waals surface area contributed by atoms with Crippen LogP contribution in [0.2, 0.25) is 0 Å². The molecule has 7 heteroatoms. The number of hydrogen-bond donors (Lipinski definition) is 1. The Hall–Kier alpha value is -2.30. The van der Waals surface area contributed by atoms with Gasteiger partial charge in [0.1, 0.15) is 11.2 Å². The Balaban J connectivity index is 1.57. The van der Waals surface area contributed by atoms with E-state index < -0.39 is 6.17 Å². The van der Waals surface area contributed by atoms with E-state index in [1.807, 2.05) is 16.3 Å². The molecular formula is C17H17FN4OS. The molecule has 1 fully saturated rings. The van der Waals surface area contributed by atoms with Crippen molar-refractivity contribution in [3.8, 4) is 6.07 Å². The Morgan fingerprint density at radius 2 is 2.25 bits per heavy atom. The number of nitrogens with zero attached hydrogens (tertiary/aromatic N) is 3. The van der Waals surface area contributed by atoms with Gasteiger partial charge < -0.3 is 5.32 Å². The first-order valence-electron chi connectivity index (χ1n) is 7.70. The SMILES string of the molecule is N#Cc1ccc(C(=O)NC[C@@H]2C[C@H](F)CN2Cc2nccs2)cc1. The third-order valence-corrected chi connectivity index (χ3v) is 4.84. The summed E-state index contributed by atoms with van der Waals surface area (Å²) in [5, 5.41) is 14.5. The van der Waals surface area contributed by atoms with Crippen LogP contribution in [0.4, 0.5) is 4.39 Å². The quantitative estimate of drug-likeness (QED) is 0.904. The molecule has 1 aromatic heterocycles. The maximum Gasteiger partial charge on any atom is 0.251 e. The van der Waals surface area contributed by atoms with Gasteiger partial charge in [-0.15, -0.1) is 11.3 Å². The van der Waals surface area contributed by atoms with Crippen LogP contribution in [-0.2, 0) is 6.54 Å². The van der Waals surface area contributed by atoms with Crippen LogP contribution in [0.5, 0.6) is 0 Å². The molecule has 0 unspecified atom stereocenters. The minimum atomic E-state index is -0.873. The summed E-state index contributed by atoms with van der Waals surface area (Å²) in [5.74, 6) is -0.212. The molecule has 1 saturated heterocycles. The Morgan fingerprint density at radius 1 is 1.46 bits per heavy atom. The summed E-state index contributed by atoms with van der Waals surface area (Å²) in [7, 11) is 0. The lowest BCUT2D eigenvalue weighted by Crippen LogP contribution is -2.39. The molecule has 0 spiro atoms. The van der Waals surface area contributed by atoms with Crippen LogP contribution in [0.15, 0.2) is 35.8 Å². The van der Waals surface area contributed by atoms with E-state index in [-0.39, 0.29) is 11.9 Å². The molecule has 0 saturated carbocycles. The fourth-order valence-corrected chi connectivity index (χ4v) is 3.48. The number of amides is 1. The van der Waals surface area contributed by atoms with Crippen molar-refractivity contribution in [1.29, 1.82) is 5.26 Å². The first-order chi connectivity index (χ1) is 11.7. The van der Waals surface area contributed by atoms with Crippen molar-refractivity contribution >= 4 is 17.2 Å². The second-order valence-electron chi connectivity index (χ2n) is 5.74. The molecule has 2 atom stereocenters. The molecule has 0 radical (unpaired) electrons. The van der Waals surface area contributed by atoms with E-state index >= 15 is 0 Å². The largest absolute Gasteiger partial charge is 0.350 e. The topological polar surface area (TPSA) is 69.0 Å². The average Bonchev–Trinajstić information content (AvgIpc) is 3.22. The second kappa shape index (κ2) is 7.51. The highest BCUT2D eigenvalue weighted by Crippen LogP contribution is 2.23. The highest BCUT2D eigenvalue weighted by molar-refractivity contribution is 7.09. The van der Waals surface area contributed by atoms with Gasteiger partial charge in [-0.3, -0.25) is 9.69 Å². The number of nitriles is 1. The smallest absolute Gasteiger partial charge is 0.251 e. The second-order valence-corrected chi connectivity index (χ2v) is 6.72. The molecule has 1 aromatic carbocycles. The fraction of sp³-hybridized carbons (Fsp3) is 0.353. The molecule has 2 aromatic rings. The molecule has 124 valence electrons. The van der Waals surface area contributed by atoms with Crippen molar-refractivity contribution in [2.24, 2.45) is 0 Å². The van der Waals surface area contributed by atoms with Gasteiger partial charge in [-0.05, 0) is 30.7 Å². The molecule has 2 heterocycles. The standard InChI is InChI=1S/C17H17FN4OS/c18-14-7-15(22(10-14)11-16-20-5-6-24-16)9-21-17(23)13-3-1-12(8-19)2-4-13/h1-6,14-15H,7,9-11H2,(H,21,23)/t14-,15-/m0/s1. The van der Waals surface area contributed by atoms with Crippen molar-refractivity contribution < 1.29 is 9.18 Å². The zero-order chi connectivity index (χ0) is 16.9. The van der Waals surface area contributed by atoms with Gasteiger partial charge in [-0.25, -0.2) is 9.37 Å². The molecule has 1 amide bonds. The van der Waals surface area contributed by atoms with Crippen molar-refractivity contribution in [1.82, 2.24) is 15.2 Å². The number of likely N-dealkylation sites (tertiary alicyclic amines) is 1.